The fourth-order valence-electron chi connectivity index (χ4n) is 2.59. The SMILES string of the molecule is CCC(CC)C(=O)N1CCN(C(=O)c2ccoc2)CC1. The van der Waals surface area contributed by atoms with Crippen molar-refractivity contribution < 1.29 is 14.0 Å². The number of hydrogen-bond donors (Lipinski definition) is 0. The molecule has 2 rings (SSSR count). The standard InChI is InChI=1S/C15H22N2O3/c1-3-12(4-2)14(18)16-6-8-17(9-7-16)15(19)13-5-10-20-11-13/h5,10-12H,3-4,6-9H2,1-2H3. The fraction of sp³-hybridized carbons (Fsp3) is 0.600. The number of carbonyl (C=O) groups excluding carboxylic acids is 2. The van der Waals surface area contributed by atoms with Gasteiger partial charge < -0.3 is 14.2 Å². The molecule has 20 heavy (non-hydrogen) atoms. The summed E-state index contributed by atoms with van der Waals surface area (Å²) in [5.41, 5.74) is 0.574. The first kappa shape index (κ1) is 14.6. The molecule has 5 nitrogen and oxygen atoms in total. The zero-order chi connectivity index (χ0) is 14.5. The van der Waals surface area contributed by atoms with Crippen molar-refractivity contribution in [3.8, 4) is 0 Å². The monoisotopic (exact) mass is 278 g/mol. The summed E-state index contributed by atoms with van der Waals surface area (Å²) in [6.07, 6.45) is 4.72. The highest BCUT2D eigenvalue weighted by molar-refractivity contribution is 5.94. The first-order valence-electron chi connectivity index (χ1n) is 7.27. The Balaban J connectivity index is 1.89. The molecule has 0 atom stereocenters. The van der Waals surface area contributed by atoms with E-state index in [4.69, 9.17) is 4.42 Å². The van der Waals surface area contributed by atoms with Crippen LogP contribution in [0.1, 0.15) is 37.0 Å². The lowest BCUT2D eigenvalue weighted by molar-refractivity contribution is -0.137. The van der Waals surface area contributed by atoms with E-state index < -0.39 is 0 Å². The van der Waals surface area contributed by atoms with E-state index in [9.17, 15) is 9.59 Å². The van der Waals surface area contributed by atoms with Crippen molar-refractivity contribution in [1.82, 2.24) is 9.80 Å². The molecular formula is C15H22N2O3. The molecule has 2 heterocycles. The Morgan fingerprint density at radius 1 is 1.15 bits per heavy atom. The molecule has 0 aliphatic carbocycles. The molecule has 0 spiro atoms. The van der Waals surface area contributed by atoms with Crippen LogP contribution in [0.15, 0.2) is 23.0 Å². The molecule has 0 aromatic carbocycles. The first-order chi connectivity index (χ1) is 9.67. The number of hydrogen-bond acceptors (Lipinski definition) is 3. The van der Waals surface area contributed by atoms with Crippen LogP contribution >= 0.6 is 0 Å². The van der Waals surface area contributed by atoms with Crippen LogP contribution in [0.3, 0.4) is 0 Å². The third-order valence-electron chi connectivity index (χ3n) is 3.98. The van der Waals surface area contributed by atoms with Gasteiger partial charge in [0.05, 0.1) is 11.8 Å². The Morgan fingerprint density at radius 3 is 2.25 bits per heavy atom. The molecule has 2 amide bonds. The summed E-state index contributed by atoms with van der Waals surface area (Å²) < 4.78 is 4.93. The summed E-state index contributed by atoms with van der Waals surface area (Å²) in [4.78, 5) is 28.1. The number of piperazine rings is 1. The third-order valence-corrected chi connectivity index (χ3v) is 3.98. The van der Waals surface area contributed by atoms with Gasteiger partial charge in [-0.15, -0.1) is 0 Å². The number of rotatable bonds is 4. The van der Waals surface area contributed by atoms with Crippen LogP contribution in [0.25, 0.3) is 0 Å². The average Bonchev–Trinajstić information content (AvgIpc) is 3.02. The molecule has 0 radical (unpaired) electrons. The van der Waals surface area contributed by atoms with Gasteiger partial charge in [0.15, 0.2) is 0 Å². The number of furan rings is 1. The summed E-state index contributed by atoms with van der Waals surface area (Å²) in [6.45, 7) is 6.53. The van der Waals surface area contributed by atoms with E-state index in [1.807, 2.05) is 18.7 Å². The Bertz CT molecular complexity index is 444. The molecule has 0 unspecified atom stereocenters. The van der Waals surface area contributed by atoms with E-state index in [0.29, 0.717) is 31.7 Å². The predicted octanol–water partition coefficient (Wildman–Crippen LogP) is 2.00. The Hall–Kier alpha value is -1.78. The summed E-state index contributed by atoms with van der Waals surface area (Å²) in [7, 11) is 0. The van der Waals surface area contributed by atoms with Crippen molar-refractivity contribution in [1.29, 1.82) is 0 Å². The molecule has 1 fully saturated rings. The minimum atomic E-state index is -0.0200. The van der Waals surface area contributed by atoms with Crippen molar-refractivity contribution in [2.45, 2.75) is 26.7 Å². The van der Waals surface area contributed by atoms with Crippen LogP contribution < -0.4 is 0 Å². The molecule has 5 heteroatoms. The maximum absolute atomic E-state index is 12.3. The smallest absolute Gasteiger partial charge is 0.257 e. The number of carbonyl (C=O) groups is 2. The highest BCUT2D eigenvalue weighted by Crippen LogP contribution is 2.15. The Kier molecular flexibility index (Phi) is 4.82. The van der Waals surface area contributed by atoms with Gasteiger partial charge in [-0.25, -0.2) is 0 Å². The topological polar surface area (TPSA) is 53.8 Å². The van der Waals surface area contributed by atoms with Crippen LogP contribution in [-0.4, -0.2) is 47.8 Å². The van der Waals surface area contributed by atoms with Crippen molar-refractivity contribution in [3.63, 3.8) is 0 Å². The molecule has 110 valence electrons. The van der Waals surface area contributed by atoms with Crippen LogP contribution in [-0.2, 0) is 4.79 Å². The average molecular weight is 278 g/mol. The van der Waals surface area contributed by atoms with E-state index in [-0.39, 0.29) is 17.7 Å². The summed E-state index contributed by atoms with van der Waals surface area (Å²) in [6, 6.07) is 1.67. The van der Waals surface area contributed by atoms with Gasteiger partial charge >= 0.3 is 0 Å². The molecule has 1 saturated heterocycles. The van der Waals surface area contributed by atoms with Gasteiger partial charge in [0.2, 0.25) is 5.91 Å². The van der Waals surface area contributed by atoms with Gasteiger partial charge in [-0.05, 0) is 18.9 Å². The molecule has 1 aliphatic heterocycles. The van der Waals surface area contributed by atoms with Crippen LogP contribution in [0.4, 0.5) is 0 Å². The van der Waals surface area contributed by atoms with Crippen molar-refractivity contribution >= 4 is 11.8 Å². The van der Waals surface area contributed by atoms with Gasteiger partial charge in [0, 0.05) is 32.1 Å². The molecular weight excluding hydrogens is 256 g/mol. The Morgan fingerprint density at radius 2 is 1.75 bits per heavy atom. The minimum Gasteiger partial charge on any atom is -0.472 e. The second kappa shape index (κ2) is 6.59. The lowest BCUT2D eigenvalue weighted by Crippen LogP contribution is -2.51. The highest BCUT2D eigenvalue weighted by atomic mass is 16.3. The van der Waals surface area contributed by atoms with Crippen molar-refractivity contribution in [3.05, 3.63) is 24.2 Å². The quantitative estimate of drug-likeness (QED) is 0.846. The lowest BCUT2D eigenvalue weighted by Gasteiger charge is -2.36. The maximum atomic E-state index is 12.3. The van der Waals surface area contributed by atoms with Crippen molar-refractivity contribution in [2.24, 2.45) is 5.92 Å². The van der Waals surface area contributed by atoms with Crippen LogP contribution in [0, 0.1) is 5.92 Å². The van der Waals surface area contributed by atoms with E-state index in [1.54, 1.807) is 11.0 Å². The van der Waals surface area contributed by atoms with E-state index >= 15 is 0 Å². The van der Waals surface area contributed by atoms with Gasteiger partial charge in [-0.1, -0.05) is 13.8 Å². The molecule has 1 aromatic heterocycles. The molecule has 0 saturated carbocycles. The zero-order valence-corrected chi connectivity index (χ0v) is 12.2. The zero-order valence-electron chi connectivity index (χ0n) is 12.2. The van der Waals surface area contributed by atoms with Gasteiger partial charge in [0.1, 0.15) is 6.26 Å². The van der Waals surface area contributed by atoms with Gasteiger partial charge in [-0.3, -0.25) is 9.59 Å². The molecule has 1 aromatic rings. The van der Waals surface area contributed by atoms with E-state index in [1.165, 1.54) is 12.5 Å². The van der Waals surface area contributed by atoms with Crippen molar-refractivity contribution in [2.75, 3.05) is 26.2 Å². The molecule has 0 N–H and O–H groups in total. The van der Waals surface area contributed by atoms with Gasteiger partial charge in [0.25, 0.3) is 5.91 Å². The molecule has 0 bridgehead atoms. The maximum Gasteiger partial charge on any atom is 0.257 e. The predicted molar refractivity (Wildman–Crippen MR) is 75.3 cm³/mol. The third kappa shape index (κ3) is 3.03. The van der Waals surface area contributed by atoms with Crippen LogP contribution in [0.2, 0.25) is 0 Å². The molecule has 1 aliphatic rings. The summed E-state index contributed by atoms with van der Waals surface area (Å²) in [5, 5.41) is 0. The lowest BCUT2D eigenvalue weighted by atomic mass is 10.0. The number of amides is 2. The van der Waals surface area contributed by atoms with E-state index in [2.05, 4.69) is 0 Å². The van der Waals surface area contributed by atoms with Crippen LogP contribution in [0.5, 0.6) is 0 Å². The van der Waals surface area contributed by atoms with Gasteiger partial charge in [-0.2, -0.15) is 0 Å². The first-order valence-corrected chi connectivity index (χ1v) is 7.27. The number of nitrogens with zero attached hydrogens (tertiary/aromatic N) is 2. The second-order valence-electron chi connectivity index (χ2n) is 5.14. The minimum absolute atomic E-state index is 0.0200. The highest BCUT2D eigenvalue weighted by Gasteiger charge is 2.27. The summed E-state index contributed by atoms with van der Waals surface area (Å²) in [5.74, 6) is 0.324. The second-order valence-corrected chi connectivity index (χ2v) is 5.14. The summed E-state index contributed by atoms with van der Waals surface area (Å²) >= 11 is 0. The normalized spacial score (nSPS) is 15.8. The fourth-order valence-corrected chi connectivity index (χ4v) is 2.59. The Labute approximate surface area is 119 Å². The van der Waals surface area contributed by atoms with E-state index in [0.717, 1.165) is 12.8 Å². The largest absolute Gasteiger partial charge is 0.472 e.